The van der Waals surface area contributed by atoms with E-state index < -0.39 is 0 Å². The Kier molecular flexibility index (Phi) is 2.84. The molecule has 0 fully saturated rings. The van der Waals surface area contributed by atoms with E-state index in [-0.39, 0.29) is 0 Å². The van der Waals surface area contributed by atoms with Gasteiger partial charge in [-0.25, -0.2) is 0 Å². The number of anilines is 1. The average molecular weight is 299 g/mol. The van der Waals surface area contributed by atoms with Crippen molar-refractivity contribution in [2.24, 2.45) is 0 Å². The van der Waals surface area contributed by atoms with Crippen molar-refractivity contribution in [3.05, 3.63) is 25.6 Å². The van der Waals surface area contributed by atoms with Gasteiger partial charge in [-0.05, 0) is 50.4 Å². The molecule has 0 aliphatic carbocycles. The van der Waals surface area contributed by atoms with Gasteiger partial charge in [-0.3, -0.25) is 0 Å². The topological polar surface area (TPSA) is 26.0 Å². The number of benzene rings is 1. The summed E-state index contributed by atoms with van der Waals surface area (Å²) in [6.07, 6.45) is 0. The lowest BCUT2D eigenvalue weighted by Crippen LogP contribution is -1.91. The van der Waals surface area contributed by atoms with E-state index in [4.69, 9.17) is 17.3 Å². The van der Waals surface area contributed by atoms with Gasteiger partial charge in [0.05, 0.1) is 5.69 Å². The molecule has 0 saturated carbocycles. The molecule has 0 aliphatic rings. The van der Waals surface area contributed by atoms with Crippen molar-refractivity contribution >= 4 is 49.1 Å². The van der Waals surface area contributed by atoms with Gasteiger partial charge in [-0.1, -0.05) is 11.6 Å². The van der Waals surface area contributed by atoms with Gasteiger partial charge in [0.15, 0.2) is 0 Å². The van der Waals surface area contributed by atoms with Crippen molar-refractivity contribution in [1.29, 1.82) is 0 Å². The summed E-state index contributed by atoms with van der Waals surface area (Å²) in [4.78, 5) is 0. The van der Waals surface area contributed by atoms with E-state index in [2.05, 4.69) is 31.9 Å². The highest BCUT2D eigenvalue weighted by molar-refractivity contribution is 9.11. The zero-order chi connectivity index (χ0) is 8.59. The Hall–Kier alpha value is 0.270. The lowest BCUT2D eigenvalue weighted by Gasteiger charge is -2.06. The lowest BCUT2D eigenvalue weighted by atomic mass is 10.2. The van der Waals surface area contributed by atoms with E-state index >= 15 is 0 Å². The van der Waals surface area contributed by atoms with Crippen LogP contribution in [0.1, 0.15) is 5.56 Å². The van der Waals surface area contributed by atoms with E-state index in [9.17, 15) is 0 Å². The maximum atomic E-state index is 5.88. The van der Waals surface area contributed by atoms with Crippen molar-refractivity contribution in [2.75, 3.05) is 5.73 Å². The fraction of sp³-hybridized carbons (Fsp3) is 0.143. The molecule has 0 amide bonds. The van der Waals surface area contributed by atoms with Crippen molar-refractivity contribution < 1.29 is 0 Å². The number of nitrogens with two attached hydrogens (primary N) is 1. The molecular formula is C7H6Br2ClN. The Morgan fingerprint density at radius 2 is 2.00 bits per heavy atom. The molecule has 0 unspecified atom stereocenters. The summed E-state index contributed by atoms with van der Waals surface area (Å²) in [5.74, 6) is 0. The first-order valence-electron chi connectivity index (χ1n) is 2.93. The third kappa shape index (κ3) is 1.71. The van der Waals surface area contributed by atoms with Crippen LogP contribution in [0.5, 0.6) is 0 Å². The van der Waals surface area contributed by atoms with Gasteiger partial charge in [0.1, 0.15) is 0 Å². The number of halogens is 3. The SMILES string of the molecule is Cc1c(Cl)cc(Br)c(N)c1Br. The van der Waals surface area contributed by atoms with Crippen molar-refractivity contribution in [3.63, 3.8) is 0 Å². The zero-order valence-electron chi connectivity index (χ0n) is 5.79. The molecular weight excluding hydrogens is 293 g/mol. The van der Waals surface area contributed by atoms with Gasteiger partial charge < -0.3 is 5.73 Å². The first-order valence-corrected chi connectivity index (χ1v) is 4.90. The molecule has 1 rings (SSSR count). The molecule has 4 heteroatoms. The Morgan fingerprint density at radius 3 is 2.55 bits per heavy atom. The minimum Gasteiger partial charge on any atom is -0.397 e. The highest BCUT2D eigenvalue weighted by Gasteiger charge is 2.07. The Balaban J connectivity index is 3.46. The van der Waals surface area contributed by atoms with E-state index in [0.29, 0.717) is 10.7 Å². The maximum Gasteiger partial charge on any atom is 0.0606 e. The van der Waals surface area contributed by atoms with E-state index in [1.165, 1.54) is 0 Å². The Morgan fingerprint density at radius 1 is 1.45 bits per heavy atom. The first kappa shape index (κ1) is 9.36. The minimum absolute atomic E-state index is 0.687. The number of nitrogen functional groups attached to an aromatic ring is 1. The van der Waals surface area contributed by atoms with Gasteiger partial charge in [0.2, 0.25) is 0 Å². The van der Waals surface area contributed by atoms with Crippen molar-refractivity contribution in [1.82, 2.24) is 0 Å². The molecule has 0 aliphatic heterocycles. The summed E-state index contributed by atoms with van der Waals surface area (Å²) in [5.41, 5.74) is 7.35. The summed E-state index contributed by atoms with van der Waals surface area (Å²) in [5, 5.41) is 0.706. The molecule has 0 atom stereocenters. The molecule has 0 heterocycles. The quantitative estimate of drug-likeness (QED) is 0.725. The number of hydrogen-bond donors (Lipinski definition) is 1. The van der Waals surface area contributed by atoms with E-state index in [1.54, 1.807) is 6.07 Å². The molecule has 60 valence electrons. The predicted octanol–water partition coefficient (Wildman–Crippen LogP) is 3.76. The minimum atomic E-state index is 0.687. The van der Waals surface area contributed by atoms with Gasteiger partial charge in [-0.15, -0.1) is 0 Å². The van der Waals surface area contributed by atoms with Crippen LogP contribution in [0, 0.1) is 6.92 Å². The van der Waals surface area contributed by atoms with Crippen LogP contribution in [0.2, 0.25) is 5.02 Å². The zero-order valence-corrected chi connectivity index (χ0v) is 9.72. The van der Waals surface area contributed by atoms with Crippen LogP contribution in [0.3, 0.4) is 0 Å². The molecule has 0 radical (unpaired) electrons. The van der Waals surface area contributed by atoms with Gasteiger partial charge >= 0.3 is 0 Å². The largest absolute Gasteiger partial charge is 0.397 e. The molecule has 0 spiro atoms. The Labute approximate surface area is 87.2 Å². The fourth-order valence-electron chi connectivity index (χ4n) is 0.709. The number of hydrogen-bond acceptors (Lipinski definition) is 1. The smallest absolute Gasteiger partial charge is 0.0606 e. The van der Waals surface area contributed by atoms with Crippen LogP contribution in [-0.4, -0.2) is 0 Å². The molecule has 0 bridgehead atoms. The molecule has 0 aromatic heterocycles. The normalized spacial score (nSPS) is 10.2. The third-order valence-electron chi connectivity index (χ3n) is 1.43. The van der Waals surface area contributed by atoms with Crippen molar-refractivity contribution in [3.8, 4) is 0 Å². The third-order valence-corrected chi connectivity index (χ3v) is 3.51. The summed E-state index contributed by atoms with van der Waals surface area (Å²) in [7, 11) is 0. The van der Waals surface area contributed by atoms with E-state index in [1.807, 2.05) is 6.92 Å². The molecule has 1 nitrogen and oxygen atoms in total. The van der Waals surface area contributed by atoms with Gasteiger partial charge in [0.25, 0.3) is 0 Å². The van der Waals surface area contributed by atoms with E-state index in [0.717, 1.165) is 14.5 Å². The number of rotatable bonds is 0. The highest BCUT2D eigenvalue weighted by Crippen LogP contribution is 2.35. The molecule has 1 aromatic carbocycles. The van der Waals surface area contributed by atoms with Crippen LogP contribution in [0.25, 0.3) is 0 Å². The first-order chi connectivity index (χ1) is 5.04. The molecule has 2 N–H and O–H groups in total. The lowest BCUT2D eigenvalue weighted by molar-refractivity contribution is 1.42. The second-order valence-corrected chi connectivity index (χ2v) is 4.25. The van der Waals surface area contributed by atoms with Crippen LogP contribution in [-0.2, 0) is 0 Å². The summed E-state index contributed by atoms with van der Waals surface area (Å²) < 4.78 is 1.68. The maximum absolute atomic E-state index is 5.88. The molecule has 11 heavy (non-hydrogen) atoms. The standard InChI is InChI=1S/C7H6Br2ClN/c1-3-5(10)2-4(8)7(11)6(3)9/h2H,11H2,1H3. The van der Waals surface area contributed by atoms with Gasteiger partial charge in [0, 0.05) is 14.0 Å². The van der Waals surface area contributed by atoms with Crippen LogP contribution < -0.4 is 5.73 Å². The molecule has 1 aromatic rings. The summed E-state index contributed by atoms with van der Waals surface area (Å²) in [6, 6.07) is 1.79. The predicted molar refractivity (Wildman–Crippen MR) is 56.0 cm³/mol. The summed E-state index contributed by atoms with van der Waals surface area (Å²) >= 11 is 12.5. The van der Waals surface area contributed by atoms with Crippen molar-refractivity contribution in [2.45, 2.75) is 6.92 Å². The summed E-state index contributed by atoms with van der Waals surface area (Å²) in [6.45, 7) is 1.91. The van der Waals surface area contributed by atoms with Crippen LogP contribution in [0.15, 0.2) is 15.0 Å². The average Bonchev–Trinajstić information content (AvgIpc) is 1.97. The fourth-order valence-corrected chi connectivity index (χ4v) is 2.28. The van der Waals surface area contributed by atoms with Gasteiger partial charge in [-0.2, -0.15) is 0 Å². The second-order valence-electron chi connectivity index (χ2n) is 2.19. The van der Waals surface area contributed by atoms with Crippen LogP contribution in [0.4, 0.5) is 5.69 Å². The Bertz CT molecular complexity index is 273. The monoisotopic (exact) mass is 297 g/mol. The highest BCUT2D eigenvalue weighted by atomic mass is 79.9. The van der Waals surface area contributed by atoms with Crippen LogP contribution >= 0.6 is 43.5 Å². The molecule has 0 saturated heterocycles. The second kappa shape index (κ2) is 3.33.